The molecule has 0 aromatic heterocycles. The molecule has 0 unspecified atom stereocenters. The van der Waals surface area contributed by atoms with E-state index in [1.807, 2.05) is 43.3 Å². The van der Waals surface area contributed by atoms with Crippen LogP contribution in [0.25, 0.3) is 0 Å². The lowest BCUT2D eigenvalue weighted by Crippen LogP contribution is -2.24. The van der Waals surface area contributed by atoms with Gasteiger partial charge in [0.05, 0.1) is 7.11 Å². The number of carbonyl (C=O) groups excluding carboxylic acids is 1. The van der Waals surface area contributed by atoms with E-state index in [4.69, 9.17) is 16.3 Å². The number of carbonyl (C=O) groups is 1. The number of hydrogen-bond donors (Lipinski definition) is 1. The number of nitrogens with one attached hydrogen (secondary N) is 1. The maximum Gasteiger partial charge on any atom is 0.227 e. The Kier molecular flexibility index (Phi) is 4.08. The van der Waals surface area contributed by atoms with Crippen molar-refractivity contribution in [3.63, 3.8) is 0 Å². The molecule has 0 radical (unpaired) electrons. The molecule has 1 heterocycles. The van der Waals surface area contributed by atoms with Crippen molar-refractivity contribution >= 4 is 23.2 Å². The number of anilines is 1. The lowest BCUT2D eigenvalue weighted by molar-refractivity contribution is -0.119. The highest BCUT2D eigenvalue weighted by Gasteiger charge is 2.30. The Balaban J connectivity index is 2.00. The second kappa shape index (κ2) is 6.01. The monoisotopic (exact) mass is 315 g/mol. The summed E-state index contributed by atoms with van der Waals surface area (Å²) in [5, 5.41) is 3.69. The van der Waals surface area contributed by atoms with E-state index in [2.05, 4.69) is 5.32 Å². The molecule has 1 aliphatic heterocycles. The molecule has 114 valence electrons. The first-order chi connectivity index (χ1) is 10.6. The molecular weight excluding hydrogens is 298 g/mol. The number of ether oxygens (including phenoxy) is 1. The summed E-state index contributed by atoms with van der Waals surface area (Å²) in [5.74, 6) is 0.866. The van der Waals surface area contributed by atoms with Gasteiger partial charge < -0.3 is 10.1 Å². The zero-order chi connectivity index (χ0) is 15.7. The average molecular weight is 316 g/mol. The van der Waals surface area contributed by atoms with Crippen LogP contribution in [0.1, 0.15) is 24.0 Å². The third-order valence-electron chi connectivity index (χ3n) is 4.33. The predicted octanol–water partition coefficient (Wildman–Crippen LogP) is 4.26. The fourth-order valence-electron chi connectivity index (χ4n) is 2.95. The summed E-state index contributed by atoms with van der Waals surface area (Å²) in [6.07, 6.45) is 0.780. The van der Waals surface area contributed by atoms with Crippen LogP contribution in [0, 0.1) is 5.92 Å². The molecule has 3 nitrogen and oxygen atoms in total. The predicted molar refractivity (Wildman–Crippen MR) is 88.7 cm³/mol. The van der Waals surface area contributed by atoms with Crippen LogP contribution in [-0.4, -0.2) is 13.0 Å². The number of rotatable bonds is 2. The van der Waals surface area contributed by atoms with Crippen LogP contribution in [0.15, 0.2) is 42.5 Å². The zero-order valence-electron chi connectivity index (χ0n) is 12.6. The van der Waals surface area contributed by atoms with E-state index in [1.165, 1.54) is 0 Å². The maximum absolute atomic E-state index is 12.4. The first kappa shape index (κ1) is 14.9. The van der Waals surface area contributed by atoms with Crippen molar-refractivity contribution < 1.29 is 9.53 Å². The van der Waals surface area contributed by atoms with Crippen LogP contribution in [0.3, 0.4) is 0 Å². The largest absolute Gasteiger partial charge is 0.497 e. The van der Waals surface area contributed by atoms with Crippen LogP contribution in [0.2, 0.25) is 5.02 Å². The topological polar surface area (TPSA) is 38.3 Å². The molecule has 0 saturated heterocycles. The van der Waals surface area contributed by atoms with Crippen LogP contribution < -0.4 is 10.1 Å². The van der Waals surface area contributed by atoms with Gasteiger partial charge in [-0.3, -0.25) is 4.79 Å². The third kappa shape index (κ3) is 2.81. The van der Waals surface area contributed by atoms with E-state index in [-0.39, 0.29) is 17.7 Å². The standard InChI is InChI=1S/C18H18ClNO2/c1-11-16(12-3-6-15(22-2)7-4-12)10-13-9-14(19)5-8-17(13)20-18(11)21/h3-9,11,16H,10H2,1-2H3,(H,20,21)/t11-,16-/m0/s1. The van der Waals surface area contributed by atoms with Crippen LogP contribution in [-0.2, 0) is 11.2 Å². The third-order valence-corrected chi connectivity index (χ3v) is 4.56. The highest BCUT2D eigenvalue weighted by molar-refractivity contribution is 6.30. The van der Waals surface area contributed by atoms with Crippen molar-refractivity contribution in [1.29, 1.82) is 0 Å². The van der Waals surface area contributed by atoms with E-state index >= 15 is 0 Å². The van der Waals surface area contributed by atoms with E-state index < -0.39 is 0 Å². The van der Waals surface area contributed by atoms with Gasteiger partial charge in [0.15, 0.2) is 0 Å². The van der Waals surface area contributed by atoms with E-state index in [0.29, 0.717) is 5.02 Å². The fourth-order valence-corrected chi connectivity index (χ4v) is 3.15. The average Bonchev–Trinajstić information content (AvgIpc) is 2.65. The Morgan fingerprint density at radius 2 is 1.91 bits per heavy atom. The highest BCUT2D eigenvalue weighted by Crippen LogP contribution is 2.36. The molecule has 2 atom stereocenters. The smallest absolute Gasteiger partial charge is 0.227 e. The van der Waals surface area contributed by atoms with Gasteiger partial charge in [0.2, 0.25) is 5.91 Å². The van der Waals surface area contributed by atoms with Gasteiger partial charge in [0, 0.05) is 16.6 Å². The van der Waals surface area contributed by atoms with Crippen molar-refractivity contribution in [2.45, 2.75) is 19.3 Å². The van der Waals surface area contributed by atoms with E-state index in [1.54, 1.807) is 13.2 Å². The molecule has 1 amide bonds. The molecular formula is C18H18ClNO2. The van der Waals surface area contributed by atoms with Gasteiger partial charge >= 0.3 is 0 Å². The van der Waals surface area contributed by atoms with E-state index in [9.17, 15) is 4.79 Å². The second-order valence-electron chi connectivity index (χ2n) is 5.66. The molecule has 0 fully saturated rings. The van der Waals surface area contributed by atoms with Crippen molar-refractivity contribution in [3.8, 4) is 5.75 Å². The summed E-state index contributed by atoms with van der Waals surface area (Å²) < 4.78 is 5.20. The normalized spacial score (nSPS) is 20.8. The van der Waals surface area contributed by atoms with Crippen molar-refractivity contribution in [1.82, 2.24) is 0 Å². The van der Waals surface area contributed by atoms with Crippen LogP contribution in [0.5, 0.6) is 5.75 Å². The molecule has 0 aliphatic carbocycles. The molecule has 3 rings (SSSR count). The van der Waals surface area contributed by atoms with Crippen LogP contribution in [0.4, 0.5) is 5.69 Å². The van der Waals surface area contributed by atoms with Crippen molar-refractivity contribution in [3.05, 3.63) is 58.6 Å². The summed E-state index contributed by atoms with van der Waals surface area (Å²) >= 11 is 6.11. The summed E-state index contributed by atoms with van der Waals surface area (Å²) in [7, 11) is 1.65. The number of halogens is 1. The Morgan fingerprint density at radius 3 is 2.59 bits per heavy atom. The quantitative estimate of drug-likeness (QED) is 0.899. The zero-order valence-corrected chi connectivity index (χ0v) is 13.4. The molecule has 2 aromatic rings. The first-order valence-electron chi connectivity index (χ1n) is 7.31. The van der Waals surface area contributed by atoms with Gasteiger partial charge in [0.1, 0.15) is 5.75 Å². The molecule has 2 aromatic carbocycles. The van der Waals surface area contributed by atoms with Gasteiger partial charge in [-0.1, -0.05) is 30.7 Å². The van der Waals surface area contributed by atoms with Gasteiger partial charge in [0.25, 0.3) is 0 Å². The van der Waals surface area contributed by atoms with Gasteiger partial charge in [-0.05, 0) is 53.8 Å². The molecule has 22 heavy (non-hydrogen) atoms. The number of hydrogen-bond acceptors (Lipinski definition) is 2. The number of methoxy groups -OCH3 is 1. The molecule has 0 bridgehead atoms. The second-order valence-corrected chi connectivity index (χ2v) is 6.10. The Bertz CT molecular complexity index is 697. The van der Waals surface area contributed by atoms with Crippen molar-refractivity contribution in [2.75, 3.05) is 12.4 Å². The molecule has 1 aliphatic rings. The molecule has 0 spiro atoms. The Labute approximate surface area is 135 Å². The Hall–Kier alpha value is -2.00. The highest BCUT2D eigenvalue weighted by atomic mass is 35.5. The van der Waals surface area contributed by atoms with Crippen molar-refractivity contribution in [2.24, 2.45) is 5.92 Å². The minimum atomic E-state index is -0.112. The lowest BCUT2D eigenvalue weighted by Gasteiger charge is -2.20. The van der Waals surface area contributed by atoms with Crippen LogP contribution >= 0.6 is 11.6 Å². The summed E-state index contributed by atoms with van der Waals surface area (Å²) in [6.45, 7) is 1.97. The first-order valence-corrected chi connectivity index (χ1v) is 7.69. The summed E-state index contributed by atoms with van der Waals surface area (Å²) in [5.41, 5.74) is 3.07. The summed E-state index contributed by atoms with van der Waals surface area (Å²) in [6, 6.07) is 13.5. The minimum absolute atomic E-state index is 0.0434. The number of benzene rings is 2. The fraction of sp³-hybridized carbons (Fsp3) is 0.278. The van der Waals surface area contributed by atoms with Gasteiger partial charge in [-0.25, -0.2) is 0 Å². The molecule has 0 saturated carbocycles. The Morgan fingerprint density at radius 1 is 1.18 bits per heavy atom. The minimum Gasteiger partial charge on any atom is -0.497 e. The molecule has 4 heteroatoms. The number of fused-ring (bicyclic) bond motifs is 1. The molecule has 1 N–H and O–H groups in total. The van der Waals surface area contributed by atoms with E-state index in [0.717, 1.165) is 29.0 Å². The SMILES string of the molecule is COc1ccc([C@H]2Cc3cc(Cl)ccc3NC(=O)[C@H]2C)cc1. The van der Waals surface area contributed by atoms with Gasteiger partial charge in [-0.15, -0.1) is 0 Å². The van der Waals surface area contributed by atoms with Gasteiger partial charge in [-0.2, -0.15) is 0 Å². The summed E-state index contributed by atoms with van der Waals surface area (Å²) in [4.78, 5) is 12.4. The number of amides is 1. The lowest BCUT2D eigenvalue weighted by atomic mass is 9.83. The maximum atomic E-state index is 12.4.